The summed E-state index contributed by atoms with van der Waals surface area (Å²) in [4.78, 5) is 53.1. The summed E-state index contributed by atoms with van der Waals surface area (Å²) in [5.41, 5.74) is 3.93. The van der Waals surface area contributed by atoms with E-state index < -0.39 is 58.0 Å². The highest BCUT2D eigenvalue weighted by Crippen LogP contribution is 2.53. The van der Waals surface area contributed by atoms with E-state index in [-0.39, 0.29) is 48.8 Å². The zero-order valence-electron chi connectivity index (χ0n) is 25.9. The molecule has 4 atom stereocenters. The first-order valence-electron chi connectivity index (χ1n) is 14.8. The van der Waals surface area contributed by atoms with Gasteiger partial charge >= 0.3 is 5.97 Å². The van der Waals surface area contributed by atoms with Crippen LogP contribution in [0.1, 0.15) is 34.8 Å². The number of hydrogen-bond acceptors (Lipinski definition) is 12. The lowest BCUT2D eigenvalue weighted by atomic mass is 9.58. The number of nitrogens with zero attached hydrogens (tertiary/aromatic N) is 1. The molecule has 4 unspecified atom stereocenters. The van der Waals surface area contributed by atoms with Crippen LogP contribution in [0.5, 0.6) is 11.5 Å². The van der Waals surface area contributed by atoms with Crippen molar-refractivity contribution in [2.45, 2.75) is 38.0 Å². The molecule has 0 aromatic heterocycles. The molecule has 0 saturated carbocycles. The topological polar surface area (TPSA) is 209 Å². The molecule has 244 valence electrons. The van der Waals surface area contributed by atoms with Crippen LogP contribution in [0.4, 0.5) is 0 Å². The van der Waals surface area contributed by atoms with Gasteiger partial charge in [0.05, 0.1) is 31.9 Å². The number of phenols is 1. The van der Waals surface area contributed by atoms with Crippen molar-refractivity contribution in [3.63, 3.8) is 0 Å². The van der Waals surface area contributed by atoms with E-state index in [9.17, 15) is 39.6 Å². The highest BCUT2D eigenvalue weighted by Gasteiger charge is 2.63. The van der Waals surface area contributed by atoms with E-state index in [1.54, 1.807) is 33.2 Å². The normalized spacial score (nSPS) is 24.0. The molecule has 1 amide bonds. The number of amides is 1. The Morgan fingerprint density at radius 1 is 1.11 bits per heavy atom. The number of Topliss-reactive ketones (excluding diaryl/α,β-unsaturated/α-hetero) is 2. The number of hydrogen-bond donors (Lipinski definition) is 6. The molecule has 2 aromatic carbocycles. The number of aliphatic hydroxyl groups excluding tert-OH is 2. The number of likely N-dealkylation sites (N-methyl/N-ethyl adjacent to an activating group) is 1. The minimum atomic E-state index is -2.72. The van der Waals surface area contributed by atoms with E-state index in [2.05, 4.69) is 5.32 Å². The second kappa shape index (κ2) is 12.2. The lowest BCUT2D eigenvalue weighted by molar-refractivity contribution is -0.148. The zero-order valence-corrected chi connectivity index (χ0v) is 25.9. The number of allylic oxidation sites excluding steroid dienone is 1. The number of benzene rings is 2. The molecule has 0 radical (unpaired) electrons. The Morgan fingerprint density at radius 2 is 1.83 bits per heavy atom. The van der Waals surface area contributed by atoms with E-state index in [1.165, 1.54) is 18.1 Å². The van der Waals surface area contributed by atoms with Crippen LogP contribution in [0.2, 0.25) is 0 Å². The number of nitrogens with one attached hydrogen (secondary N) is 1. The third-order valence-electron chi connectivity index (χ3n) is 9.06. The van der Waals surface area contributed by atoms with Gasteiger partial charge in [0.15, 0.2) is 11.4 Å². The van der Waals surface area contributed by atoms with Crippen LogP contribution in [0.25, 0.3) is 11.1 Å². The fourth-order valence-corrected chi connectivity index (χ4v) is 7.10. The molecule has 0 heterocycles. The van der Waals surface area contributed by atoms with Gasteiger partial charge in [-0.25, -0.2) is 0 Å². The Hall–Kier alpha value is -4.72. The van der Waals surface area contributed by atoms with Gasteiger partial charge in [0.2, 0.25) is 5.78 Å². The Kier molecular flexibility index (Phi) is 8.69. The van der Waals surface area contributed by atoms with Crippen LogP contribution >= 0.6 is 0 Å². The summed E-state index contributed by atoms with van der Waals surface area (Å²) in [5, 5.41) is 48.3. The number of esters is 1. The first kappa shape index (κ1) is 32.7. The number of carbonyl (C=O) groups is 4. The molecule has 0 bridgehead atoms. The number of phenolic OH excluding ortho intramolecular Hbond substituents is 1. The standard InChI is InChI=1S/C33H37N3O10/c1-5-46-23(38)14-35-13-15-6-9-22(45-4)18(10-15)17-7-8-21(37)25-19(17)11-16-12-20-27(36(2)3)29(40)26(32(34)43)31(42)33(20,44)30(41)24(16)28(25)39/h6-10,16,20,27,35,37,40-41,44H,5,11-14H2,1-4H3,(H2,34,43). The molecule has 3 aliphatic carbocycles. The second-order valence-electron chi connectivity index (χ2n) is 11.9. The maximum absolute atomic E-state index is 14.1. The third-order valence-corrected chi connectivity index (χ3v) is 9.06. The summed E-state index contributed by atoms with van der Waals surface area (Å²) in [6.07, 6.45) is 0.0859. The first-order valence-corrected chi connectivity index (χ1v) is 14.8. The van der Waals surface area contributed by atoms with Crippen LogP contribution < -0.4 is 15.8 Å². The van der Waals surface area contributed by atoms with Gasteiger partial charge in [-0.2, -0.15) is 0 Å². The van der Waals surface area contributed by atoms with Gasteiger partial charge in [0.1, 0.15) is 28.6 Å². The maximum Gasteiger partial charge on any atom is 0.319 e. The summed E-state index contributed by atoms with van der Waals surface area (Å²) in [5.74, 6) is -7.05. The summed E-state index contributed by atoms with van der Waals surface area (Å²) in [7, 11) is 4.65. The zero-order chi connectivity index (χ0) is 33.7. The summed E-state index contributed by atoms with van der Waals surface area (Å²) in [6.45, 7) is 2.32. The second-order valence-corrected chi connectivity index (χ2v) is 11.9. The lowest BCUT2D eigenvalue weighted by Gasteiger charge is -2.50. The first-order chi connectivity index (χ1) is 21.8. The van der Waals surface area contributed by atoms with E-state index in [0.717, 1.165) is 5.56 Å². The smallest absolute Gasteiger partial charge is 0.319 e. The van der Waals surface area contributed by atoms with E-state index >= 15 is 0 Å². The van der Waals surface area contributed by atoms with Gasteiger partial charge < -0.3 is 41.0 Å². The highest BCUT2D eigenvalue weighted by molar-refractivity contribution is 6.25. The molecule has 0 fully saturated rings. The fourth-order valence-electron chi connectivity index (χ4n) is 7.10. The Labute approximate surface area is 264 Å². The molecule has 5 rings (SSSR count). The largest absolute Gasteiger partial charge is 0.510 e. The van der Waals surface area contributed by atoms with Gasteiger partial charge in [0, 0.05) is 23.6 Å². The van der Waals surface area contributed by atoms with E-state index in [4.69, 9.17) is 15.2 Å². The molecule has 13 nitrogen and oxygen atoms in total. The van der Waals surface area contributed by atoms with Gasteiger partial charge in [0.25, 0.3) is 5.91 Å². The number of primary amides is 1. The van der Waals surface area contributed by atoms with Gasteiger partial charge in [-0.15, -0.1) is 0 Å². The van der Waals surface area contributed by atoms with Crippen LogP contribution in [-0.4, -0.2) is 94.8 Å². The number of ketones is 2. The molecule has 2 aromatic rings. The lowest BCUT2D eigenvalue weighted by Crippen LogP contribution is -2.63. The maximum atomic E-state index is 14.1. The van der Waals surface area contributed by atoms with E-state index in [0.29, 0.717) is 29.0 Å². The van der Waals surface area contributed by atoms with Crippen molar-refractivity contribution < 1.29 is 49.1 Å². The van der Waals surface area contributed by atoms with Gasteiger partial charge in [-0.3, -0.25) is 24.1 Å². The number of nitrogens with two attached hydrogens (primary N) is 1. The number of ether oxygens (including phenoxy) is 2. The van der Waals surface area contributed by atoms with Crippen molar-refractivity contribution >= 4 is 23.4 Å². The van der Waals surface area contributed by atoms with Crippen molar-refractivity contribution in [2.24, 2.45) is 17.6 Å². The molecule has 3 aliphatic rings. The average molecular weight is 636 g/mol. The number of fused-ring (bicyclic) bond motifs is 3. The number of rotatable bonds is 9. The fraction of sp³-hybridized carbons (Fsp3) is 0.394. The summed E-state index contributed by atoms with van der Waals surface area (Å²) in [6, 6.07) is 7.32. The van der Waals surface area contributed by atoms with Crippen LogP contribution in [0, 0.1) is 11.8 Å². The molecular weight excluding hydrogens is 598 g/mol. The Morgan fingerprint density at radius 3 is 2.46 bits per heavy atom. The van der Waals surface area contributed by atoms with Crippen molar-refractivity contribution in [2.75, 3.05) is 34.4 Å². The van der Waals surface area contributed by atoms with Crippen LogP contribution in [0.3, 0.4) is 0 Å². The SMILES string of the molecule is CCOC(=O)CNCc1ccc(OC)c(-c2ccc(O)c3c2CC2CC4C(N(C)C)C(O)=C(C(N)=O)C(=O)C4(O)C(O)=C2C3=O)c1. The molecule has 0 spiro atoms. The number of aromatic hydroxyl groups is 1. The Bertz CT molecular complexity index is 1710. The van der Waals surface area contributed by atoms with Crippen molar-refractivity contribution in [3.8, 4) is 22.6 Å². The number of carbonyl (C=O) groups excluding carboxylic acids is 4. The van der Waals surface area contributed by atoms with Crippen molar-refractivity contribution in [3.05, 3.63) is 69.7 Å². The molecular formula is C33H37N3O10. The Balaban J connectivity index is 1.61. The number of methoxy groups -OCH3 is 1. The van der Waals surface area contributed by atoms with Crippen LogP contribution in [0.15, 0.2) is 53.0 Å². The molecule has 0 saturated heterocycles. The van der Waals surface area contributed by atoms with Crippen molar-refractivity contribution in [1.82, 2.24) is 10.2 Å². The third kappa shape index (κ3) is 5.10. The van der Waals surface area contributed by atoms with Gasteiger partial charge in [-0.05, 0) is 74.7 Å². The highest BCUT2D eigenvalue weighted by atomic mass is 16.5. The predicted octanol–water partition coefficient (Wildman–Crippen LogP) is 1.45. The average Bonchev–Trinajstić information content (AvgIpc) is 2.99. The minimum absolute atomic E-state index is 0.00817. The quantitative estimate of drug-likeness (QED) is 0.171. The number of aliphatic hydroxyl groups is 3. The molecule has 13 heteroatoms. The van der Waals surface area contributed by atoms with E-state index in [1.807, 2.05) is 12.1 Å². The van der Waals surface area contributed by atoms with Gasteiger partial charge in [-0.1, -0.05) is 12.1 Å². The van der Waals surface area contributed by atoms with Crippen molar-refractivity contribution in [1.29, 1.82) is 0 Å². The minimum Gasteiger partial charge on any atom is -0.510 e. The molecule has 46 heavy (non-hydrogen) atoms. The molecule has 7 N–H and O–H groups in total. The summed E-state index contributed by atoms with van der Waals surface area (Å²) >= 11 is 0. The van der Waals surface area contributed by atoms with Crippen LogP contribution in [-0.2, 0) is 32.1 Å². The summed E-state index contributed by atoms with van der Waals surface area (Å²) < 4.78 is 10.6. The molecule has 0 aliphatic heterocycles. The predicted molar refractivity (Wildman–Crippen MR) is 164 cm³/mol. The monoisotopic (exact) mass is 635 g/mol.